The fraction of sp³-hybridized carbons (Fsp3) is 0.583. The van der Waals surface area contributed by atoms with Crippen LogP contribution in [0, 0.1) is 5.92 Å². The number of guanidine groups is 1. The molecule has 0 aromatic carbocycles. The Kier molecular flexibility index (Phi) is 5.00. The van der Waals surface area contributed by atoms with Crippen LogP contribution < -0.4 is 11.1 Å². The topological polar surface area (TPSA) is 87.8 Å². The van der Waals surface area contributed by atoms with Gasteiger partial charge in [-0.1, -0.05) is 6.07 Å². The number of aliphatic imine (C=N–C) groups is 1. The van der Waals surface area contributed by atoms with Crippen molar-refractivity contribution in [2.24, 2.45) is 16.6 Å². The smallest absolute Gasteiger partial charge is 0.211 e. The van der Waals surface area contributed by atoms with Crippen molar-refractivity contribution in [3.05, 3.63) is 22.4 Å². The average molecular weight is 316 g/mol. The van der Waals surface area contributed by atoms with Crippen molar-refractivity contribution >= 4 is 27.3 Å². The Bertz CT molecular complexity index is 548. The molecule has 1 aliphatic heterocycles. The van der Waals surface area contributed by atoms with Gasteiger partial charge in [-0.25, -0.2) is 12.7 Å². The van der Waals surface area contributed by atoms with E-state index in [4.69, 9.17) is 5.73 Å². The van der Waals surface area contributed by atoms with Crippen molar-refractivity contribution < 1.29 is 8.42 Å². The summed E-state index contributed by atoms with van der Waals surface area (Å²) in [6, 6.07) is 4.12. The molecule has 1 aromatic rings. The van der Waals surface area contributed by atoms with E-state index >= 15 is 0 Å². The first-order chi connectivity index (χ1) is 9.45. The summed E-state index contributed by atoms with van der Waals surface area (Å²) >= 11 is 1.73. The Morgan fingerprint density at radius 3 is 2.95 bits per heavy atom. The van der Waals surface area contributed by atoms with Crippen LogP contribution in [0.5, 0.6) is 0 Å². The molecule has 0 aliphatic carbocycles. The Morgan fingerprint density at radius 2 is 2.35 bits per heavy atom. The lowest BCUT2D eigenvalue weighted by Gasteiger charge is -2.36. The third kappa shape index (κ3) is 4.46. The minimum Gasteiger partial charge on any atom is -0.370 e. The predicted octanol–water partition coefficient (Wildman–Crippen LogP) is 0.0863. The van der Waals surface area contributed by atoms with Crippen molar-refractivity contribution in [2.45, 2.75) is 6.42 Å². The fourth-order valence-corrected chi connectivity index (χ4v) is 3.63. The van der Waals surface area contributed by atoms with Crippen LogP contribution in [-0.4, -0.2) is 51.1 Å². The molecule has 1 fully saturated rings. The number of nitrogens with zero attached hydrogens (tertiary/aromatic N) is 2. The molecule has 3 N–H and O–H groups in total. The Labute approximate surface area is 123 Å². The molecule has 0 radical (unpaired) electrons. The molecule has 20 heavy (non-hydrogen) atoms. The zero-order valence-electron chi connectivity index (χ0n) is 11.4. The molecule has 0 saturated carbocycles. The highest BCUT2D eigenvalue weighted by Crippen LogP contribution is 2.18. The zero-order chi connectivity index (χ0) is 14.6. The van der Waals surface area contributed by atoms with Crippen molar-refractivity contribution in [2.75, 3.05) is 32.4 Å². The first-order valence-electron chi connectivity index (χ1n) is 6.46. The lowest BCUT2D eigenvalue weighted by atomic mass is 10.0. The molecule has 2 heterocycles. The van der Waals surface area contributed by atoms with E-state index in [1.165, 1.54) is 15.4 Å². The Morgan fingerprint density at radius 1 is 1.60 bits per heavy atom. The van der Waals surface area contributed by atoms with E-state index < -0.39 is 10.0 Å². The van der Waals surface area contributed by atoms with Gasteiger partial charge in [0.1, 0.15) is 0 Å². The maximum absolute atomic E-state index is 11.2. The van der Waals surface area contributed by atoms with Gasteiger partial charge in [-0.15, -0.1) is 11.3 Å². The molecular weight excluding hydrogens is 296 g/mol. The van der Waals surface area contributed by atoms with Crippen molar-refractivity contribution in [1.29, 1.82) is 0 Å². The summed E-state index contributed by atoms with van der Waals surface area (Å²) in [6.07, 6.45) is 2.16. The minimum atomic E-state index is -3.04. The van der Waals surface area contributed by atoms with Crippen molar-refractivity contribution in [3.63, 3.8) is 0 Å². The predicted molar refractivity (Wildman–Crippen MR) is 82.4 cm³/mol. The zero-order valence-corrected chi connectivity index (χ0v) is 13.1. The summed E-state index contributed by atoms with van der Waals surface area (Å²) in [4.78, 5) is 5.56. The second-order valence-electron chi connectivity index (χ2n) is 4.93. The number of hydrogen-bond acceptors (Lipinski definition) is 4. The molecule has 8 heteroatoms. The standard InChI is InChI=1S/C12H20N4O2S2/c1-20(17,18)16-8-10(9-16)7-15-12(13)14-5-4-11-3-2-6-19-11/h2-3,6,10H,4-5,7-9H2,1H3,(H3,13,14,15). The first kappa shape index (κ1) is 15.3. The van der Waals surface area contributed by atoms with Crippen LogP contribution in [0.1, 0.15) is 4.88 Å². The summed E-state index contributed by atoms with van der Waals surface area (Å²) in [5.74, 6) is 0.710. The van der Waals surface area contributed by atoms with Crippen LogP contribution in [-0.2, 0) is 16.4 Å². The molecule has 2 rings (SSSR count). The minimum absolute atomic E-state index is 0.280. The number of nitrogens with one attached hydrogen (secondary N) is 1. The normalized spacial score (nSPS) is 17.9. The van der Waals surface area contributed by atoms with Crippen LogP contribution in [0.4, 0.5) is 0 Å². The second-order valence-corrected chi connectivity index (χ2v) is 7.94. The molecule has 0 atom stereocenters. The largest absolute Gasteiger partial charge is 0.370 e. The van der Waals surface area contributed by atoms with Crippen molar-refractivity contribution in [3.8, 4) is 0 Å². The van der Waals surface area contributed by atoms with Crippen LogP contribution in [0.25, 0.3) is 0 Å². The van der Waals surface area contributed by atoms with Gasteiger partial charge in [0.15, 0.2) is 5.96 Å². The first-order valence-corrected chi connectivity index (χ1v) is 9.19. The van der Waals surface area contributed by atoms with E-state index in [2.05, 4.69) is 21.8 Å². The van der Waals surface area contributed by atoms with Gasteiger partial charge in [-0.3, -0.25) is 4.99 Å². The molecule has 112 valence electrons. The molecule has 0 spiro atoms. The molecule has 0 bridgehead atoms. The summed E-state index contributed by atoms with van der Waals surface area (Å²) in [5.41, 5.74) is 5.77. The number of rotatable bonds is 6. The molecule has 1 saturated heterocycles. The highest BCUT2D eigenvalue weighted by molar-refractivity contribution is 7.88. The van der Waals surface area contributed by atoms with Gasteiger partial charge in [0.2, 0.25) is 10.0 Å². The quantitative estimate of drug-likeness (QED) is 0.575. The monoisotopic (exact) mass is 316 g/mol. The van der Waals surface area contributed by atoms with E-state index in [-0.39, 0.29) is 5.92 Å². The van der Waals surface area contributed by atoms with Crippen LogP contribution in [0.2, 0.25) is 0 Å². The summed E-state index contributed by atoms with van der Waals surface area (Å²) < 4.78 is 23.9. The SMILES string of the molecule is CS(=O)(=O)N1CC(CN=C(N)NCCc2cccs2)C1. The summed E-state index contributed by atoms with van der Waals surface area (Å²) in [6.45, 7) is 2.43. The molecule has 6 nitrogen and oxygen atoms in total. The third-order valence-electron chi connectivity index (χ3n) is 3.17. The van der Waals surface area contributed by atoms with E-state index in [9.17, 15) is 8.42 Å². The van der Waals surface area contributed by atoms with Gasteiger partial charge >= 0.3 is 0 Å². The summed E-state index contributed by atoms with van der Waals surface area (Å²) in [7, 11) is -3.04. The molecule has 1 aromatic heterocycles. The van der Waals surface area contributed by atoms with Gasteiger partial charge < -0.3 is 11.1 Å². The number of hydrogen-bond donors (Lipinski definition) is 2. The van der Waals surface area contributed by atoms with E-state index in [1.807, 2.05) is 6.07 Å². The van der Waals surface area contributed by atoms with Crippen LogP contribution in [0.15, 0.2) is 22.5 Å². The lowest BCUT2D eigenvalue weighted by molar-refractivity contribution is 0.209. The van der Waals surface area contributed by atoms with Crippen LogP contribution in [0.3, 0.4) is 0 Å². The lowest BCUT2D eigenvalue weighted by Crippen LogP contribution is -2.50. The van der Waals surface area contributed by atoms with Crippen LogP contribution >= 0.6 is 11.3 Å². The highest BCUT2D eigenvalue weighted by atomic mass is 32.2. The Hall–Kier alpha value is -1.12. The number of sulfonamides is 1. The van der Waals surface area contributed by atoms with Gasteiger partial charge in [0.05, 0.1) is 6.26 Å². The third-order valence-corrected chi connectivity index (χ3v) is 5.34. The second kappa shape index (κ2) is 6.55. The van der Waals surface area contributed by atoms with E-state index in [0.29, 0.717) is 25.6 Å². The number of nitrogens with two attached hydrogens (primary N) is 1. The Balaban J connectivity index is 1.63. The van der Waals surface area contributed by atoms with E-state index in [1.54, 1.807) is 11.3 Å². The van der Waals surface area contributed by atoms with Gasteiger partial charge in [0.25, 0.3) is 0 Å². The number of thiophene rings is 1. The van der Waals surface area contributed by atoms with Gasteiger partial charge in [-0.2, -0.15) is 0 Å². The maximum atomic E-state index is 11.2. The maximum Gasteiger partial charge on any atom is 0.211 e. The molecule has 1 aliphatic rings. The molecule has 0 unspecified atom stereocenters. The van der Waals surface area contributed by atoms with E-state index in [0.717, 1.165) is 13.0 Å². The molecule has 0 amide bonds. The fourth-order valence-electron chi connectivity index (χ4n) is 1.96. The summed E-state index contributed by atoms with van der Waals surface area (Å²) in [5, 5.41) is 5.12. The average Bonchev–Trinajstić information content (AvgIpc) is 2.78. The highest BCUT2D eigenvalue weighted by Gasteiger charge is 2.32. The van der Waals surface area contributed by atoms with Crippen molar-refractivity contribution in [1.82, 2.24) is 9.62 Å². The molecular formula is C12H20N4O2S2. The van der Waals surface area contributed by atoms with Gasteiger partial charge in [0, 0.05) is 37.0 Å². The van der Waals surface area contributed by atoms with Gasteiger partial charge in [-0.05, 0) is 17.9 Å².